The first kappa shape index (κ1) is 17.7. The summed E-state index contributed by atoms with van der Waals surface area (Å²) >= 11 is 4.69. The molecule has 2 aromatic rings. The summed E-state index contributed by atoms with van der Waals surface area (Å²) in [6, 6.07) is 3.63. The van der Waals surface area contributed by atoms with E-state index in [1.165, 1.54) is 23.5 Å². The second kappa shape index (κ2) is 7.40. The van der Waals surface area contributed by atoms with E-state index in [-0.39, 0.29) is 12.4 Å². The molecule has 0 fully saturated rings. The highest BCUT2D eigenvalue weighted by Gasteiger charge is 2.32. The Morgan fingerprint density at radius 2 is 2.28 bits per heavy atom. The summed E-state index contributed by atoms with van der Waals surface area (Å²) in [7, 11) is 0. The number of hydrogen-bond acceptors (Lipinski definition) is 7. The van der Waals surface area contributed by atoms with Crippen molar-refractivity contribution in [1.29, 1.82) is 0 Å². The molecular weight excluding hydrogens is 411 g/mol. The van der Waals surface area contributed by atoms with Crippen LogP contribution in [0.4, 0.5) is 4.39 Å². The molecule has 1 N–H and O–H groups in total. The van der Waals surface area contributed by atoms with Gasteiger partial charge in [-0.1, -0.05) is 33.3 Å². The average molecular weight is 425 g/mol. The van der Waals surface area contributed by atoms with Gasteiger partial charge in [0.2, 0.25) is 0 Å². The second-order valence-electron chi connectivity index (χ2n) is 5.17. The number of benzene rings is 1. The lowest BCUT2D eigenvalue weighted by Crippen LogP contribution is -2.33. The molecule has 1 aromatic carbocycles. The van der Waals surface area contributed by atoms with E-state index < -0.39 is 12.0 Å². The number of esters is 1. The van der Waals surface area contributed by atoms with Gasteiger partial charge in [-0.15, -0.1) is 10.2 Å². The standard InChI is InChI=1S/C16H14BrFN4O2S/c1-3-24-16(23)12-8(2)20-14(15-22-19-7-25-15)21-13(12)10-5-4-9(18)6-11(10)17/h4-7,13H,3H2,1-2H3,(H,20,21). The lowest BCUT2D eigenvalue weighted by Gasteiger charge is -2.25. The third-order valence-electron chi connectivity index (χ3n) is 3.56. The Kier molecular flexibility index (Phi) is 5.24. The third-order valence-corrected chi connectivity index (χ3v) is 4.94. The molecule has 1 unspecified atom stereocenters. The Hall–Kier alpha value is -2.13. The zero-order valence-electron chi connectivity index (χ0n) is 13.4. The molecule has 0 bridgehead atoms. The first-order valence-corrected chi connectivity index (χ1v) is 9.12. The molecule has 1 atom stereocenters. The van der Waals surface area contributed by atoms with Crippen LogP contribution in [0, 0.1) is 5.82 Å². The lowest BCUT2D eigenvalue weighted by atomic mass is 9.96. The summed E-state index contributed by atoms with van der Waals surface area (Å²) in [5.74, 6) is -0.334. The maximum atomic E-state index is 13.5. The molecule has 0 radical (unpaired) electrons. The molecule has 6 nitrogen and oxygen atoms in total. The number of allylic oxidation sites excluding steroid dienone is 1. The van der Waals surface area contributed by atoms with Crippen LogP contribution in [0.5, 0.6) is 0 Å². The van der Waals surface area contributed by atoms with Gasteiger partial charge in [-0.3, -0.25) is 4.99 Å². The number of carbonyl (C=O) groups excluding carboxylic acids is 1. The van der Waals surface area contributed by atoms with E-state index in [1.54, 1.807) is 25.4 Å². The molecule has 0 saturated heterocycles. The summed E-state index contributed by atoms with van der Waals surface area (Å²) in [4.78, 5) is 17.1. The number of hydrogen-bond donors (Lipinski definition) is 1. The van der Waals surface area contributed by atoms with Crippen LogP contribution in [-0.4, -0.2) is 28.6 Å². The van der Waals surface area contributed by atoms with Crippen LogP contribution in [0.25, 0.3) is 0 Å². The Labute approximate surface area is 156 Å². The quantitative estimate of drug-likeness (QED) is 0.761. The smallest absolute Gasteiger partial charge is 0.338 e. The fourth-order valence-electron chi connectivity index (χ4n) is 2.48. The van der Waals surface area contributed by atoms with Crippen molar-refractivity contribution in [2.24, 2.45) is 4.99 Å². The molecule has 1 aliphatic heterocycles. The second-order valence-corrected chi connectivity index (χ2v) is 6.86. The van der Waals surface area contributed by atoms with Crippen molar-refractivity contribution in [3.63, 3.8) is 0 Å². The summed E-state index contributed by atoms with van der Waals surface area (Å²) in [6.07, 6.45) is 0. The first-order valence-electron chi connectivity index (χ1n) is 7.45. The minimum atomic E-state index is -0.644. The lowest BCUT2D eigenvalue weighted by molar-refractivity contribution is -0.138. The van der Waals surface area contributed by atoms with Gasteiger partial charge in [-0.25, -0.2) is 9.18 Å². The van der Waals surface area contributed by atoms with Gasteiger partial charge in [0.1, 0.15) is 17.4 Å². The van der Waals surface area contributed by atoms with Crippen LogP contribution in [0.1, 0.15) is 30.5 Å². The van der Waals surface area contributed by atoms with E-state index in [0.717, 1.165) is 0 Å². The van der Waals surface area contributed by atoms with Crippen LogP contribution in [0.3, 0.4) is 0 Å². The van der Waals surface area contributed by atoms with Crippen molar-refractivity contribution in [3.8, 4) is 0 Å². The van der Waals surface area contributed by atoms with Crippen molar-refractivity contribution < 1.29 is 13.9 Å². The summed E-state index contributed by atoms with van der Waals surface area (Å²) in [5, 5.41) is 11.5. The predicted molar refractivity (Wildman–Crippen MR) is 95.8 cm³/mol. The summed E-state index contributed by atoms with van der Waals surface area (Å²) in [5.41, 5.74) is 3.25. The van der Waals surface area contributed by atoms with Gasteiger partial charge in [0.15, 0.2) is 10.8 Å². The molecule has 3 rings (SSSR count). The van der Waals surface area contributed by atoms with Crippen molar-refractivity contribution in [2.75, 3.05) is 6.61 Å². The number of amidine groups is 1. The zero-order valence-corrected chi connectivity index (χ0v) is 15.8. The van der Waals surface area contributed by atoms with Gasteiger partial charge in [0, 0.05) is 10.2 Å². The Morgan fingerprint density at radius 3 is 2.92 bits per heavy atom. The normalized spacial score (nSPS) is 17.1. The number of aromatic nitrogens is 2. The minimum absolute atomic E-state index is 0.250. The number of aliphatic imine (C=N–C) groups is 1. The van der Waals surface area contributed by atoms with Gasteiger partial charge in [0.25, 0.3) is 0 Å². The average Bonchev–Trinajstić information content (AvgIpc) is 3.08. The molecule has 1 aromatic heterocycles. The summed E-state index contributed by atoms with van der Waals surface area (Å²) in [6.45, 7) is 3.76. The van der Waals surface area contributed by atoms with E-state index in [9.17, 15) is 9.18 Å². The monoisotopic (exact) mass is 424 g/mol. The van der Waals surface area contributed by atoms with Gasteiger partial charge < -0.3 is 10.1 Å². The fraction of sp³-hybridized carbons (Fsp3) is 0.250. The number of carbonyl (C=O) groups is 1. The van der Waals surface area contributed by atoms with E-state index >= 15 is 0 Å². The molecule has 2 heterocycles. The zero-order chi connectivity index (χ0) is 18.0. The molecule has 0 amide bonds. The van der Waals surface area contributed by atoms with Crippen molar-refractivity contribution in [1.82, 2.24) is 15.5 Å². The van der Waals surface area contributed by atoms with E-state index in [0.29, 0.717) is 32.1 Å². The van der Waals surface area contributed by atoms with Crippen LogP contribution in [0.15, 0.2) is 44.4 Å². The SMILES string of the molecule is CCOC(=O)C1=C(C)NC(c2nncs2)=NC1c1ccc(F)cc1Br. The molecular formula is C16H14BrFN4O2S. The fourth-order valence-corrected chi connectivity index (χ4v) is 3.55. The van der Waals surface area contributed by atoms with Gasteiger partial charge in [-0.2, -0.15) is 0 Å². The maximum Gasteiger partial charge on any atom is 0.338 e. The van der Waals surface area contributed by atoms with Gasteiger partial charge in [0.05, 0.1) is 12.2 Å². The largest absolute Gasteiger partial charge is 0.463 e. The minimum Gasteiger partial charge on any atom is -0.463 e. The molecule has 0 spiro atoms. The highest BCUT2D eigenvalue weighted by molar-refractivity contribution is 9.10. The summed E-state index contributed by atoms with van der Waals surface area (Å²) < 4.78 is 19.2. The van der Waals surface area contributed by atoms with Crippen LogP contribution in [-0.2, 0) is 9.53 Å². The molecule has 0 saturated carbocycles. The van der Waals surface area contributed by atoms with Crippen LogP contribution < -0.4 is 5.32 Å². The van der Waals surface area contributed by atoms with Gasteiger partial charge in [-0.05, 0) is 31.5 Å². The van der Waals surface area contributed by atoms with Gasteiger partial charge >= 0.3 is 5.97 Å². The Morgan fingerprint density at radius 1 is 1.48 bits per heavy atom. The third kappa shape index (κ3) is 3.62. The number of nitrogens with zero attached hydrogens (tertiary/aromatic N) is 3. The highest BCUT2D eigenvalue weighted by Crippen LogP contribution is 2.36. The number of rotatable bonds is 4. The molecule has 25 heavy (non-hydrogen) atoms. The molecule has 1 aliphatic rings. The Balaban J connectivity index is 2.11. The molecule has 130 valence electrons. The predicted octanol–water partition coefficient (Wildman–Crippen LogP) is 3.37. The van der Waals surface area contributed by atoms with Crippen molar-refractivity contribution in [3.05, 3.63) is 55.8 Å². The number of halogens is 2. The molecule has 0 aliphatic carbocycles. The van der Waals surface area contributed by atoms with E-state index in [2.05, 4.69) is 36.4 Å². The van der Waals surface area contributed by atoms with Crippen LogP contribution >= 0.6 is 27.3 Å². The van der Waals surface area contributed by atoms with Crippen molar-refractivity contribution >= 4 is 39.1 Å². The topological polar surface area (TPSA) is 76.5 Å². The van der Waals surface area contributed by atoms with Crippen LogP contribution in [0.2, 0.25) is 0 Å². The highest BCUT2D eigenvalue weighted by atomic mass is 79.9. The van der Waals surface area contributed by atoms with E-state index in [1.807, 2.05) is 0 Å². The Bertz CT molecular complexity index is 867. The number of ether oxygens (including phenoxy) is 1. The maximum absolute atomic E-state index is 13.5. The molecule has 9 heteroatoms. The van der Waals surface area contributed by atoms with Crippen molar-refractivity contribution in [2.45, 2.75) is 19.9 Å². The van der Waals surface area contributed by atoms with E-state index in [4.69, 9.17) is 4.74 Å². The first-order chi connectivity index (χ1) is 12.0. The number of nitrogens with one attached hydrogen (secondary N) is 1.